The number of carbonyl (C=O) groups is 4. The van der Waals surface area contributed by atoms with Gasteiger partial charge in [0.05, 0.1) is 7.11 Å². The number of ether oxygens (including phenoxy) is 2. The second-order valence-electron chi connectivity index (χ2n) is 11.4. The average molecular weight is 732 g/mol. The van der Waals surface area contributed by atoms with Crippen LogP contribution in [0.3, 0.4) is 0 Å². The highest BCUT2D eigenvalue weighted by Crippen LogP contribution is 2.31. The lowest BCUT2D eigenvalue weighted by Gasteiger charge is -2.27. The summed E-state index contributed by atoms with van der Waals surface area (Å²) in [5.41, 5.74) is 0.868. The van der Waals surface area contributed by atoms with E-state index in [9.17, 15) is 41.1 Å². The fourth-order valence-electron chi connectivity index (χ4n) is 4.76. The highest BCUT2D eigenvalue weighted by molar-refractivity contribution is 6.34. The van der Waals surface area contributed by atoms with Gasteiger partial charge in [-0.3, -0.25) is 19.2 Å². The molecule has 264 valence electrons. The zero-order valence-corrected chi connectivity index (χ0v) is 28.0. The Bertz CT molecular complexity index is 1600. The van der Waals surface area contributed by atoms with Crippen LogP contribution in [-0.2, 0) is 25.6 Å². The van der Waals surface area contributed by atoms with E-state index in [4.69, 9.17) is 32.7 Å². The minimum absolute atomic E-state index is 0.00664. The molecular weight excluding hydrogens is 698 g/mol. The molecule has 2 amide bonds. The van der Waals surface area contributed by atoms with E-state index >= 15 is 0 Å². The summed E-state index contributed by atoms with van der Waals surface area (Å²) in [5.74, 6) is -13.3. The van der Waals surface area contributed by atoms with Crippen molar-refractivity contribution in [1.29, 1.82) is 0 Å². The third-order valence-electron chi connectivity index (χ3n) is 7.34. The van der Waals surface area contributed by atoms with Gasteiger partial charge in [0.2, 0.25) is 5.78 Å². The first-order valence-electron chi connectivity index (χ1n) is 14.8. The fourth-order valence-corrected chi connectivity index (χ4v) is 5.27. The van der Waals surface area contributed by atoms with Gasteiger partial charge in [-0.25, -0.2) is 0 Å². The van der Waals surface area contributed by atoms with Crippen LogP contribution in [0.2, 0.25) is 10.0 Å². The number of carbonyl (C=O) groups excluding carboxylic acids is 4. The molecule has 0 aromatic heterocycles. The number of methoxy groups -OCH3 is 1. The van der Waals surface area contributed by atoms with E-state index in [2.05, 4.69) is 5.32 Å². The lowest BCUT2D eigenvalue weighted by Crippen LogP contribution is -2.51. The Balaban J connectivity index is 1.95. The lowest BCUT2D eigenvalue weighted by atomic mass is 9.82. The number of rotatable bonds is 16. The molecule has 0 saturated heterocycles. The van der Waals surface area contributed by atoms with Gasteiger partial charge in [-0.1, -0.05) is 79.5 Å². The molecule has 3 aromatic rings. The summed E-state index contributed by atoms with van der Waals surface area (Å²) in [6.45, 7) is 0.583. The van der Waals surface area contributed by atoms with Crippen LogP contribution in [0.4, 0.5) is 22.0 Å². The Kier molecular flexibility index (Phi) is 13.5. The third kappa shape index (κ3) is 11.4. The molecule has 0 spiro atoms. The van der Waals surface area contributed by atoms with Crippen LogP contribution in [0.15, 0.2) is 72.8 Å². The lowest BCUT2D eigenvalue weighted by molar-refractivity contribution is -0.167. The zero-order valence-electron chi connectivity index (χ0n) is 26.5. The molecule has 0 heterocycles. The molecule has 8 nitrogen and oxygen atoms in total. The summed E-state index contributed by atoms with van der Waals surface area (Å²) in [6.07, 6.45) is -7.18. The smallest absolute Gasteiger partial charge is 0.405 e. The molecule has 3 rings (SSSR count). The summed E-state index contributed by atoms with van der Waals surface area (Å²) in [7, 11) is 1.40. The molecule has 0 radical (unpaired) electrons. The van der Waals surface area contributed by atoms with Crippen LogP contribution in [0, 0.1) is 11.8 Å². The number of alkyl halides is 5. The second-order valence-corrected chi connectivity index (χ2v) is 12.2. The van der Waals surface area contributed by atoms with Gasteiger partial charge in [-0.05, 0) is 47.4 Å². The molecule has 0 aliphatic carbocycles. The first-order valence-corrected chi connectivity index (χ1v) is 15.6. The molecule has 0 saturated carbocycles. The van der Waals surface area contributed by atoms with Crippen LogP contribution >= 0.6 is 23.2 Å². The largest absolute Gasteiger partial charge is 0.497 e. The molecule has 0 aliphatic rings. The Morgan fingerprint density at radius 1 is 0.837 bits per heavy atom. The molecular formula is C34H33Cl2F5N2O6. The van der Waals surface area contributed by atoms with Gasteiger partial charge in [0, 0.05) is 28.8 Å². The molecule has 0 bridgehead atoms. The number of nitrogens with one attached hydrogen (secondary N) is 2. The second kappa shape index (κ2) is 16.9. The number of hydrogen-bond donors (Lipinski definition) is 2. The molecule has 49 heavy (non-hydrogen) atoms. The van der Waals surface area contributed by atoms with E-state index in [0.717, 1.165) is 5.32 Å². The topological polar surface area (TPSA) is 111 Å². The predicted molar refractivity (Wildman–Crippen MR) is 172 cm³/mol. The van der Waals surface area contributed by atoms with Crippen molar-refractivity contribution in [2.75, 3.05) is 13.7 Å². The summed E-state index contributed by atoms with van der Waals surface area (Å²) < 4.78 is 78.6. The number of halogens is 7. The van der Waals surface area contributed by atoms with Crippen molar-refractivity contribution < 1.29 is 50.6 Å². The summed E-state index contributed by atoms with van der Waals surface area (Å²) in [4.78, 5) is 52.7. The Hall–Kier alpha value is -4.23. The summed E-state index contributed by atoms with van der Waals surface area (Å²) in [6, 6.07) is 17.4. The monoisotopic (exact) mass is 730 g/mol. The van der Waals surface area contributed by atoms with Crippen LogP contribution in [0.5, 0.6) is 11.5 Å². The molecule has 3 atom stereocenters. The number of ketones is 2. The van der Waals surface area contributed by atoms with Gasteiger partial charge in [0.15, 0.2) is 11.9 Å². The Labute approximate surface area is 289 Å². The van der Waals surface area contributed by atoms with Gasteiger partial charge in [-0.15, -0.1) is 0 Å². The highest BCUT2D eigenvalue weighted by Gasteiger charge is 2.52. The van der Waals surface area contributed by atoms with Crippen molar-refractivity contribution in [2.24, 2.45) is 11.8 Å². The Morgan fingerprint density at radius 2 is 1.43 bits per heavy atom. The van der Waals surface area contributed by atoms with E-state index in [1.54, 1.807) is 30.3 Å². The quantitative estimate of drug-likeness (QED) is 0.122. The van der Waals surface area contributed by atoms with Crippen LogP contribution in [-0.4, -0.2) is 55.2 Å². The van der Waals surface area contributed by atoms with Crippen molar-refractivity contribution >= 4 is 46.6 Å². The van der Waals surface area contributed by atoms with Crippen molar-refractivity contribution in [3.8, 4) is 11.5 Å². The zero-order chi connectivity index (χ0) is 36.5. The first-order chi connectivity index (χ1) is 22.9. The van der Waals surface area contributed by atoms with Crippen LogP contribution < -0.4 is 20.1 Å². The number of Topliss-reactive ketones (excluding diaryl/α,β-unsaturated/α-hetero) is 2. The van der Waals surface area contributed by atoms with Gasteiger partial charge in [0.1, 0.15) is 24.1 Å². The maximum atomic E-state index is 14.9. The van der Waals surface area contributed by atoms with Crippen LogP contribution in [0.1, 0.15) is 37.4 Å². The van der Waals surface area contributed by atoms with Crippen molar-refractivity contribution in [3.05, 3.63) is 94.0 Å². The third-order valence-corrected chi connectivity index (χ3v) is 7.77. The molecule has 0 fully saturated rings. The van der Waals surface area contributed by atoms with Crippen LogP contribution in [0.25, 0.3) is 0 Å². The first kappa shape index (κ1) is 39.2. The summed E-state index contributed by atoms with van der Waals surface area (Å²) in [5, 5.41) is 4.06. The Morgan fingerprint density at radius 3 is 1.96 bits per heavy atom. The van der Waals surface area contributed by atoms with Gasteiger partial charge >= 0.3 is 12.1 Å². The maximum Gasteiger partial charge on any atom is 0.405 e. The molecule has 0 aliphatic heterocycles. The molecule has 0 unspecified atom stereocenters. The van der Waals surface area contributed by atoms with Crippen molar-refractivity contribution in [1.82, 2.24) is 10.6 Å². The molecule has 15 heteroatoms. The highest BCUT2D eigenvalue weighted by atomic mass is 35.5. The summed E-state index contributed by atoms with van der Waals surface area (Å²) >= 11 is 12.2. The van der Waals surface area contributed by atoms with Crippen molar-refractivity contribution in [3.63, 3.8) is 0 Å². The number of hydrogen-bond acceptors (Lipinski definition) is 6. The van der Waals surface area contributed by atoms with Gasteiger partial charge in [0.25, 0.3) is 11.8 Å². The standard InChI is InChI=1S/C34H33Cl2F5N2O6/c1-19(2)26(30(45)34(40,41)32(47)42-18-33(37,38)39)17-27(44)29(21-9-11-24(48-3)12-10-21)43-31(46)28(13-20-7-5-4-6-8-20)49-25-15-22(35)14-23(36)16-25/h4-12,14-16,19,26,28-29H,13,17-18H2,1-3H3,(H,42,47)(H,43,46)/t26-,28+,29-/m0/s1. The average Bonchev–Trinajstić information content (AvgIpc) is 3.03. The van der Waals surface area contributed by atoms with E-state index < -0.39 is 72.4 Å². The predicted octanol–water partition coefficient (Wildman–Crippen LogP) is 6.96. The maximum absolute atomic E-state index is 14.9. The van der Waals surface area contributed by atoms with Gasteiger partial charge in [-0.2, -0.15) is 22.0 Å². The normalized spacial score (nSPS) is 13.6. The SMILES string of the molecule is COc1ccc([C@H](NC(=O)[C@@H](Cc2ccccc2)Oc2cc(Cl)cc(Cl)c2)C(=O)C[C@H](C(=O)C(F)(F)C(=O)NCC(F)(F)F)C(C)C)cc1. The van der Waals surface area contributed by atoms with Gasteiger partial charge < -0.3 is 20.1 Å². The van der Waals surface area contributed by atoms with Crippen molar-refractivity contribution in [2.45, 2.75) is 50.9 Å². The molecule has 3 aromatic carbocycles. The van der Waals surface area contributed by atoms with E-state index in [1.165, 1.54) is 63.4 Å². The van der Waals surface area contributed by atoms with E-state index in [1.807, 2.05) is 0 Å². The van der Waals surface area contributed by atoms with E-state index in [0.29, 0.717) is 11.3 Å². The number of amides is 2. The fraction of sp³-hybridized carbons (Fsp3) is 0.353. The van der Waals surface area contributed by atoms with E-state index in [-0.39, 0.29) is 27.8 Å². The minimum atomic E-state index is -5.01. The minimum Gasteiger partial charge on any atom is -0.497 e. The molecule has 2 N–H and O–H groups in total. The number of benzene rings is 3.